The van der Waals surface area contributed by atoms with Gasteiger partial charge in [0.15, 0.2) is 0 Å². The van der Waals surface area contributed by atoms with Crippen molar-refractivity contribution in [2.75, 3.05) is 6.61 Å². The molecule has 1 atom stereocenters. The smallest absolute Gasteiger partial charge is 0.0631 e. The summed E-state index contributed by atoms with van der Waals surface area (Å²) in [7, 11) is 0. The van der Waals surface area contributed by atoms with E-state index in [1.165, 1.54) is 0 Å². The van der Waals surface area contributed by atoms with E-state index in [1.807, 2.05) is 0 Å². The topological polar surface area (TPSA) is 38.0 Å². The van der Waals surface area contributed by atoms with Crippen molar-refractivity contribution in [3.05, 3.63) is 18.0 Å². The minimum Gasteiger partial charge on any atom is -0.396 e. The molecule has 1 heterocycles. The lowest BCUT2D eigenvalue weighted by Crippen LogP contribution is -2.30. The number of hydrogen-bond acceptors (Lipinski definition) is 2. The van der Waals surface area contributed by atoms with Crippen LogP contribution in [-0.4, -0.2) is 21.5 Å². The molecule has 1 aromatic heterocycles. The second-order valence-electron chi connectivity index (χ2n) is 5.90. The van der Waals surface area contributed by atoms with Crippen LogP contribution in [0.1, 0.15) is 59.2 Å². The van der Waals surface area contributed by atoms with Crippen LogP contribution >= 0.6 is 0 Å². The predicted octanol–water partition coefficient (Wildman–Crippen LogP) is 3.44. The second kappa shape index (κ2) is 6.37. The number of rotatable bonds is 7. The molecule has 0 spiro atoms. The number of aliphatic hydroxyl groups excluding tert-OH is 1. The molecule has 3 nitrogen and oxygen atoms in total. The fourth-order valence-electron chi connectivity index (χ4n) is 2.19. The summed E-state index contributed by atoms with van der Waals surface area (Å²) in [5.41, 5.74) is 1.01. The number of aliphatic hydroxyl groups is 1. The summed E-state index contributed by atoms with van der Waals surface area (Å²) in [4.78, 5) is 0. The van der Waals surface area contributed by atoms with Crippen molar-refractivity contribution < 1.29 is 5.11 Å². The van der Waals surface area contributed by atoms with Gasteiger partial charge < -0.3 is 5.11 Å². The molecule has 0 radical (unpaired) electrons. The Morgan fingerprint density at radius 2 is 1.94 bits per heavy atom. The SMILES string of the molecule is CCC(CC)n1ccc(CC(C)(CO)C(C)C)n1. The van der Waals surface area contributed by atoms with Crippen molar-refractivity contribution in [3.63, 3.8) is 0 Å². The van der Waals surface area contributed by atoms with Crippen LogP contribution in [0.2, 0.25) is 0 Å². The van der Waals surface area contributed by atoms with Crippen LogP contribution in [-0.2, 0) is 6.42 Å². The van der Waals surface area contributed by atoms with Gasteiger partial charge >= 0.3 is 0 Å². The van der Waals surface area contributed by atoms with E-state index in [9.17, 15) is 5.11 Å². The molecule has 0 aliphatic rings. The Balaban J connectivity index is 2.80. The minimum atomic E-state index is -0.0763. The van der Waals surface area contributed by atoms with Gasteiger partial charge in [-0.1, -0.05) is 34.6 Å². The standard InChI is InChI=1S/C15H28N2O/c1-6-14(7-2)17-9-8-13(16-17)10-15(5,11-18)12(3)4/h8-9,12,14,18H,6-7,10-11H2,1-5H3. The maximum atomic E-state index is 9.59. The van der Waals surface area contributed by atoms with E-state index in [4.69, 9.17) is 0 Å². The molecule has 104 valence electrons. The molecule has 1 rings (SSSR count). The van der Waals surface area contributed by atoms with Crippen molar-refractivity contribution in [1.29, 1.82) is 0 Å². The van der Waals surface area contributed by atoms with E-state index in [-0.39, 0.29) is 12.0 Å². The number of aromatic nitrogens is 2. The van der Waals surface area contributed by atoms with Crippen molar-refractivity contribution in [2.24, 2.45) is 11.3 Å². The van der Waals surface area contributed by atoms with E-state index in [0.717, 1.165) is 25.0 Å². The summed E-state index contributed by atoms with van der Waals surface area (Å²) < 4.78 is 2.08. The Morgan fingerprint density at radius 1 is 1.33 bits per heavy atom. The average Bonchev–Trinajstić information content (AvgIpc) is 2.78. The third kappa shape index (κ3) is 3.35. The van der Waals surface area contributed by atoms with Crippen molar-refractivity contribution in [1.82, 2.24) is 9.78 Å². The first-order valence-electron chi connectivity index (χ1n) is 7.11. The molecule has 1 unspecified atom stereocenters. The van der Waals surface area contributed by atoms with Gasteiger partial charge in [-0.2, -0.15) is 5.10 Å². The highest BCUT2D eigenvalue weighted by Gasteiger charge is 2.28. The van der Waals surface area contributed by atoms with Crippen molar-refractivity contribution in [2.45, 2.75) is 59.9 Å². The van der Waals surface area contributed by atoms with Gasteiger partial charge in [-0.05, 0) is 36.7 Å². The van der Waals surface area contributed by atoms with Crippen LogP contribution in [0, 0.1) is 11.3 Å². The highest BCUT2D eigenvalue weighted by molar-refractivity contribution is 5.04. The molecule has 1 N–H and O–H groups in total. The second-order valence-corrected chi connectivity index (χ2v) is 5.90. The van der Waals surface area contributed by atoms with E-state index >= 15 is 0 Å². The predicted molar refractivity (Wildman–Crippen MR) is 75.6 cm³/mol. The Morgan fingerprint density at radius 3 is 2.39 bits per heavy atom. The number of hydrogen-bond donors (Lipinski definition) is 1. The molecule has 0 saturated heterocycles. The molecule has 0 aliphatic heterocycles. The number of nitrogens with zero attached hydrogens (tertiary/aromatic N) is 2. The van der Waals surface area contributed by atoms with E-state index in [2.05, 4.69) is 56.7 Å². The van der Waals surface area contributed by atoms with E-state index < -0.39 is 0 Å². The molecular formula is C15H28N2O. The maximum Gasteiger partial charge on any atom is 0.0631 e. The zero-order chi connectivity index (χ0) is 13.8. The molecule has 0 aromatic carbocycles. The summed E-state index contributed by atoms with van der Waals surface area (Å²) in [5, 5.41) is 14.3. The van der Waals surface area contributed by atoms with Crippen LogP contribution in [0.5, 0.6) is 0 Å². The lowest BCUT2D eigenvalue weighted by molar-refractivity contribution is 0.0935. The highest BCUT2D eigenvalue weighted by Crippen LogP contribution is 2.30. The summed E-state index contributed by atoms with van der Waals surface area (Å²) in [6.45, 7) is 11.1. The molecule has 0 fully saturated rings. The van der Waals surface area contributed by atoms with Gasteiger partial charge in [0.2, 0.25) is 0 Å². The van der Waals surface area contributed by atoms with Gasteiger partial charge in [0.1, 0.15) is 0 Å². The Kier molecular flexibility index (Phi) is 5.39. The molecule has 0 aliphatic carbocycles. The van der Waals surface area contributed by atoms with Gasteiger partial charge in [0, 0.05) is 12.8 Å². The average molecular weight is 252 g/mol. The van der Waals surface area contributed by atoms with Crippen LogP contribution in [0.25, 0.3) is 0 Å². The molecule has 0 saturated carbocycles. The summed E-state index contributed by atoms with van der Waals surface area (Å²) in [5.74, 6) is 0.445. The van der Waals surface area contributed by atoms with Crippen LogP contribution in [0.4, 0.5) is 0 Å². The maximum absolute atomic E-state index is 9.59. The summed E-state index contributed by atoms with van der Waals surface area (Å²) in [6, 6.07) is 2.59. The Bertz CT molecular complexity index is 355. The first-order valence-corrected chi connectivity index (χ1v) is 7.11. The normalized spacial score (nSPS) is 15.3. The zero-order valence-corrected chi connectivity index (χ0v) is 12.5. The fourth-order valence-corrected chi connectivity index (χ4v) is 2.19. The van der Waals surface area contributed by atoms with Gasteiger partial charge in [-0.15, -0.1) is 0 Å². The monoisotopic (exact) mass is 252 g/mol. The highest BCUT2D eigenvalue weighted by atomic mass is 16.3. The molecule has 0 bridgehead atoms. The fraction of sp³-hybridized carbons (Fsp3) is 0.800. The summed E-state index contributed by atoms with van der Waals surface area (Å²) >= 11 is 0. The Labute approximate surface area is 111 Å². The molecule has 1 aromatic rings. The molecule has 18 heavy (non-hydrogen) atoms. The molecule has 3 heteroatoms. The minimum absolute atomic E-state index is 0.0763. The first kappa shape index (κ1) is 15.2. The van der Waals surface area contributed by atoms with Crippen LogP contribution in [0.15, 0.2) is 12.3 Å². The van der Waals surface area contributed by atoms with Crippen LogP contribution in [0.3, 0.4) is 0 Å². The lowest BCUT2D eigenvalue weighted by Gasteiger charge is -2.30. The first-order chi connectivity index (χ1) is 8.46. The molecule has 0 amide bonds. The van der Waals surface area contributed by atoms with E-state index in [1.54, 1.807) is 0 Å². The van der Waals surface area contributed by atoms with Gasteiger partial charge in [-0.25, -0.2) is 0 Å². The third-order valence-electron chi connectivity index (χ3n) is 4.32. The molecular weight excluding hydrogens is 224 g/mol. The Hall–Kier alpha value is -0.830. The van der Waals surface area contributed by atoms with Crippen molar-refractivity contribution >= 4 is 0 Å². The van der Waals surface area contributed by atoms with Gasteiger partial charge in [-0.3, -0.25) is 4.68 Å². The van der Waals surface area contributed by atoms with Gasteiger partial charge in [0.05, 0.1) is 11.7 Å². The lowest BCUT2D eigenvalue weighted by atomic mass is 9.76. The van der Waals surface area contributed by atoms with E-state index in [0.29, 0.717) is 12.0 Å². The van der Waals surface area contributed by atoms with Crippen LogP contribution < -0.4 is 0 Å². The van der Waals surface area contributed by atoms with Gasteiger partial charge in [0.25, 0.3) is 0 Å². The largest absolute Gasteiger partial charge is 0.396 e. The quantitative estimate of drug-likeness (QED) is 0.807. The summed E-state index contributed by atoms with van der Waals surface area (Å²) in [6.07, 6.45) is 5.14. The zero-order valence-electron chi connectivity index (χ0n) is 12.5. The third-order valence-corrected chi connectivity index (χ3v) is 4.32. The van der Waals surface area contributed by atoms with Crippen molar-refractivity contribution in [3.8, 4) is 0 Å².